The zero-order valence-corrected chi connectivity index (χ0v) is 11.9. The van der Waals surface area contributed by atoms with Gasteiger partial charge in [0.25, 0.3) is 5.56 Å². The minimum absolute atomic E-state index is 0.00117. The standard InChI is InChI=1S/C13H17N3O2S/c1-3-16-7-4-5-10(12(16)17)11-9-19-13(15-11)14-6-8-18-2/h4-5,7,9H,3,6,8H2,1-2H3,(H,14,15). The monoisotopic (exact) mass is 279 g/mol. The second-order valence-electron chi connectivity index (χ2n) is 3.97. The number of pyridine rings is 1. The average molecular weight is 279 g/mol. The maximum absolute atomic E-state index is 12.2. The van der Waals surface area contributed by atoms with Gasteiger partial charge in [0, 0.05) is 31.8 Å². The Bertz CT molecular complexity index is 592. The van der Waals surface area contributed by atoms with Crippen molar-refractivity contribution in [1.29, 1.82) is 0 Å². The molecule has 0 atom stereocenters. The highest BCUT2D eigenvalue weighted by Gasteiger charge is 2.09. The molecule has 0 radical (unpaired) electrons. The van der Waals surface area contributed by atoms with Crippen LogP contribution in [0.1, 0.15) is 6.92 Å². The van der Waals surface area contributed by atoms with Crippen molar-refractivity contribution < 1.29 is 4.74 Å². The minimum atomic E-state index is -0.00117. The third-order valence-electron chi connectivity index (χ3n) is 2.72. The van der Waals surface area contributed by atoms with Gasteiger partial charge in [0.2, 0.25) is 0 Å². The first-order chi connectivity index (χ1) is 9.26. The number of methoxy groups -OCH3 is 1. The van der Waals surface area contributed by atoms with Crippen LogP contribution in [0.2, 0.25) is 0 Å². The molecular weight excluding hydrogens is 262 g/mol. The van der Waals surface area contributed by atoms with E-state index in [4.69, 9.17) is 4.74 Å². The Morgan fingerprint density at radius 3 is 3.11 bits per heavy atom. The maximum Gasteiger partial charge on any atom is 0.260 e. The quantitative estimate of drug-likeness (QED) is 0.822. The Morgan fingerprint density at radius 1 is 1.53 bits per heavy atom. The van der Waals surface area contributed by atoms with E-state index in [2.05, 4.69) is 10.3 Å². The lowest BCUT2D eigenvalue weighted by Crippen LogP contribution is -2.19. The van der Waals surface area contributed by atoms with Crippen molar-refractivity contribution in [3.05, 3.63) is 34.1 Å². The Balaban J connectivity index is 2.21. The molecule has 2 aromatic rings. The summed E-state index contributed by atoms with van der Waals surface area (Å²) < 4.78 is 6.64. The molecule has 0 spiro atoms. The van der Waals surface area contributed by atoms with Gasteiger partial charge in [0.15, 0.2) is 5.13 Å². The Labute approximate surface area is 115 Å². The molecule has 2 aromatic heterocycles. The molecule has 0 amide bonds. The summed E-state index contributed by atoms with van der Waals surface area (Å²) in [7, 11) is 1.66. The van der Waals surface area contributed by atoms with Crippen molar-refractivity contribution in [2.45, 2.75) is 13.5 Å². The van der Waals surface area contributed by atoms with Crippen molar-refractivity contribution in [1.82, 2.24) is 9.55 Å². The second kappa shape index (κ2) is 6.49. The molecule has 0 saturated heterocycles. The molecule has 1 N–H and O–H groups in total. The van der Waals surface area contributed by atoms with E-state index in [9.17, 15) is 4.79 Å². The number of anilines is 1. The van der Waals surface area contributed by atoms with Crippen LogP contribution in [0.25, 0.3) is 11.3 Å². The Hall–Kier alpha value is -1.66. The summed E-state index contributed by atoms with van der Waals surface area (Å²) >= 11 is 1.49. The molecule has 0 unspecified atom stereocenters. The summed E-state index contributed by atoms with van der Waals surface area (Å²) in [4.78, 5) is 16.6. The van der Waals surface area contributed by atoms with Crippen LogP contribution in [-0.2, 0) is 11.3 Å². The van der Waals surface area contributed by atoms with E-state index >= 15 is 0 Å². The number of rotatable bonds is 6. The highest BCUT2D eigenvalue weighted by molar-refractivity contribution is 7.14. The lowest BCUT2D eigenvalue weighted by molar-refractivity contribution is 0.211. The topological polar surface area (TPSA) is 56.1 Å². The summed E-state index contributed by atoms with van der Waals surface area (Å²) in [5, 5.41) is 5.86. The first-order valence-electron chi connectivity index (χ1n) is 6.14. The van der Waals surface area contributed by atoms with E-state index in [0.29, 0.717) is 25.3 Å². The fourth-order valence-electron chi connectivity index (χ4n) is 1.72. The minimum Gasteiger partial charge on any atom is -0.383 e. The summed E-state index contributed by atoms with van der Waals surface area (Å²) in [5.74, 6) is 0. The van der Waals surface area contributed by atoms with Gasteiger partial charge in [-0.1, -0.05) is 0 Å². The van der Waals surface area contributed by atoms with Gasteiger partial charge in [0.1, 0.15) is 0 Å². The molecule has 0 saturated carbocycles. The van der Waals surface area contributed by atoms with Gasteiger partial charge in [-0.15, -0.1) is 11.3 Å². The Kier molecular flexibility index (Phi) is 4.70. The van der Waals surface area contributed by atoms with Gasteiger partial charge in [-0.05, 0) is 19.1 Å². The molecule has 0 bridgehead atoms. The molecule has 0 aromatic carbocycles. The van der Waals surface area contributed by atoms with E-state index in [1.54, 1.807) is 17.9 Å². The normalized spacial score (nSPS) is 10.6. The van der Waals surface area contributed by atoms with E-state index < -0.39 is 0 Å². The van der Waals surface area contributed by atoms with Crippen molar-refractivity contribution in [3.63, 3.8) is 0 Å². The molecular formula is C13H17N3O2S. The molecule has 102 valence electrons. The lowest BCUT2D eigenvalue weighted by atomic mass is 10.2. The third kappa shape index (κ3) is 3.21. The number of hydrogen-bond donors (Lipinski definition) is 1. The summed E-state index contributed by atoms with van der Waals surface area (Å²) in [6, 6.07) is 3.68. The molecule has 2 rings (SSSR count). The van der Waals surface area contributed by atoms with Crippen LogP contribution in [0.3, 0.4) is 0 Å². The predicted molar refractivity (Wildman–Crippen MR) is 77.8 cm³/mol. The van der Waals surface area contributed by atoms with Crippen LogP contribution >= 0.6 is 11.3 Å². The molecule has 6 heteroatoms. The van der Waals surface area contributed by atoms with Crippen LogP contribution in [0.15, 0.2) is 28.5 Å². The number of aryl methyl sites for hydroxylation is 1. The van der Waals surface area contributed by atoms with Crippen LogP contribution in [0.4, 0.5) is 5.13 Å². The summed E-state index contributed by atoms with van der Waals surface area (Å²) in [6.45, 7) is 3.94. The molecule has 0 aliphatic rings. The number of ether oxygens (including phenoxy) is 1. The predicted octanol–water partition coefficient (Wildman–Crippen LogP) is 2.05. The van der Waals surface area contributed by atoms with Crippen molar-refractivity contribution >= 4 is 16.5 Å². The summed E-state index contributed by atoms with van der Waals surface area (Å²) in [6.07, 6.45) is 1.79. The van der Waals surface area contributed by atoms with E-state index in [1.807, 2.05) is 24.4 Å². The average Bonchev–Trinajstić information content (AvgIpc) is 2.88. The number of hydrogen-bond acceptors (Lipinski definition) is 5. The molecule has 19 heavy (non-hydrogen) atoms. The van der Waals surface area contributed by atoms with Crippen molar-refractivity contribution in [3.8, 4) is 11.3 Å². The highest BCUT2D eigenvalue weighted by atomic mass is 32.1. The first-order valence-corrected chi connectivity index (χ1v) is 7.02. The van der Waals surface area contributed by atoms with Crippen LogP contribution in [0.5, 0.6) is 0 Å². The number of nitrogens with one attached hydrogen (secondary N) is 1. The van der Waals surface area contributed by atoms with E-state index in [0.717, 1.165) is 10.8 Å². The number of thiazole rings is 1. The number of nitrogens with zero attached hydrogens (tertiary/aromatic N) is 2. The van der Waals surface area contributed by atoms with Gasteiger partial charge in [-0.2, -0.15) is 0 Å². The fourth-order valence-corrected chi connectivity index (χ4v) is 2.46. The largest absolute Gasteiger partial charge is 0.383 e. The lowest BCUT2D eigenvalue weighted by Gasteiger charge is -2.03. The molecule has 2 heterocycles. The van der Waals surface area contributed by atoms with Gasteiger partial charge in [-0.25, -0.2) is 4.98 Å². The third-order valence-corrected chi connectivity index (χ3v) is 3.52. The van der Waals surface area contributed by atoms with Gasteiger partial charge in [-0.3, -0.25) is 4.79 Å². The molecule has 5 nitrogen and oxygen atoms in total. The SMILES string of the molecule is CCn1cccc(-c2csc(NCCOC)n2)c1=O. The Morgan fingerprint density at radius 2 is 2.37 bits per heavy atom. The zero-order chi connectivity index (χ0) is 13.7. The van der Waals surface area contributed by atoms with Crippen molar-refractivity contribution in [2.24, 2.45) is 0 Å². The van der Waals surface area contributed by atoms with Gasteiger partial charge < -0.3 is 14.6 Å². The smallest absolute Gasteiger partial charge is 0.260 e. The van der Waals surface area contributed by atoms with Crippen LogP contribution in [-0.4, -0.2) is 29.8 Å². The maximum atomic E-state index is 12.2. The number of aromatic nitrogens is 2. The second-order valence-corrected chi connectivity index (χ2v) is 4.83. The van der Waals surface area contributed by atoms with Crippen LogP contribution < -0.4 is 10.9 Å². The molecule has 0 aliphatic heterocycles. The van der Waals surface area contributed by atoms with Crippen LogP contribution in [0, 0.1) is 0 Å². The first kappa shape index (κ1) is 13.8. The van der Waals surface area contributed by atoms with Gasteiger partial charge in [0.05, 0.1) is 17.9 Å². The molecule has 0 aliphatic carbocycles. The summed E-state index contributed by atoms with van der Waals surface area (Å²) in [5.41, 5.74) is 1.36. The van der Waals surface area contributed by atoms with E-state index in [1.165, 1.54) is 11.3 Å². The van der Waals surface area contributed by atoms with E-state index in [-0.39, 0.29) is 5.56 Å². The zero-order valence-electron chi connectivity index (χ0n) is 11.0. The fraction of sp³-hybridized carbons (Fsp3) is 0.385. The van der Waals surface area contributed by atoms with Gasteiger partial charge >= 0.3 is 0 Å². The highest BCUT2D eigenvalue weighted by Crippen LogP contribution is 2.22. The molecule has 0 fully saturated rings. The van der Waals surface area contributed by atoms with Crippen molar-refractivity contribution in [2.75, 3.05) is 25.6 Å².